The number of nitrogens with two attached hydrogens (primary N) is 1. The van der Waals surface area contributed by atoms with E-state index in [4.69, 9.17) is 5.73 Å². The number of hydrogen-bond donors (Lipinski definition) is 3. The van der Waals surface area contributed by atoms with E-state index < -0.39 is 6.04 Å². The number of rotatable bonds is 2. The van der Waals surface area contributed by atoms with Crippen molar-refractivity contribution in [3.63, 3.8) is 0 Å². The van der Waals surface area contributed by atoms with E-state index in [0.717, 1.165) is 6.42 Å². The fraction of sp³-hybridized carbons (Fsp3) is 0.455. The molecule has 1 aliphatic rings. The van der Waals surface area contributed by atoms with Crippen molar-refractivity contribution < 1.29 is 9.59 Å². The standard InChI is InChI=1S/C11H16N4O2/c1-15-6-7(12)5-9(15)11(17)14-8-3-2-4-13-10(8)16/h5-6,8H,2-4,12H2,1H3,(H,13,16)(H,14,17). The first-order chi connectivity index (χ1) is 8.08. The summed E-state index contributed by atoms with van der Waals surface area (Å²) in [6.45, 7) is 0.683. The van der Waals surface area contributed by atoms with Crippen LogP contribution >= 0.6 is 0 Å². The zero-order chi connectivity index (χ0) is 12.4. The third kappa shape index (κ3) is 2.41. The molecule has 1 unspecified atom stereocenters. The molecule has 1 aromatic heterocycles. The maximum absolute atomic E-state index is 11.9. The van der Waals surface area contributed by atoms with Crippen LogP contribution in [0.15, 0.2) is 12.3 Å². The predicted molar refractivity (Wildman–Crippen MR) is 63.3 cm³/mol. The summed E-state index contributed by atoms with van der Waals surface area (Å²) in [4.78, 5) is 23.4. The number of anilines is 1. The molecular formula is C11H16N4O2. The lowest BCUT2D eigenvalue weighted by atomic mass is 10.1. The molecule has 1 aromatic rings. The van der Waals surface area contributed by atoms with Crippen LogP contribution in [-0.2, 0) is 11.8 Å². The van der Waals surface area contributed by atoms with Crippen LogP contribution in [0.4, 0.5) is 5.69 Å². The van der Waals surface area contributed by atoms with E-state index in [1.54, 1.807) is 23.9 Å². The minimum Gasteiger partial charge on any atom is -0.397 e. The smallest absolute Gasteiger partial charge is 0.268 e. The van der Waals surface area contributed by atoms with Gasteiger partial charge in [-0.3, -0.25) is 9.59 Å². The Labute approximate surface area is 99.2 Å². The van der Waals surface area contributed by atoms with Crippen LogP contribution < -0.4 is 16.4 Å². The van der Waals surface area contributed by atoms with Crippen molar-refractivity contribution in [3.8, 4) is 0 Å². The van der Waals surface area contributed by atoms with E-state index in [2.05, 4.69) is 10.6 Å². The molecule has 1 atom stereocenters. The molecule has 0 saturated carbocycles. The molecule has 1 aliphatic heterocycles. The van der Waals surface area contributed by atoms with Crippen molar-refractivity contribution in [2.24, 2.45) is 7.05 Å². The van der Waals surface area contributed by atoms with Gasteiger partial charge in [-0.15, -0.1) is 0 Å². The van der Waals surface area contributed by atoms with E-state index in [1.165, 1.54) is 0 Å². The molecule has 0 bridgehead atoms. The van der Waals surface area contributed by atoms with Gasteiger partial charge in [0.15, 0.2) is 0 Å². The van der Waals surface area contributed by atoms with Gasteiger partial charge in [0.1, 0.15) is 11.7 Å². The molecular weight excluding hydrogens is 220 g/mol. The SMILES string of the molecule is Cn1cc(N)cc1C(=O)NC1CCCNC1=O. The molecule has 6 nitrogen and oxygen atoms in total. The van der Waals surface area contributed by atoms with E-state index in [0.29, 0.717) is 24.3 Å². The molecule has 1 saturated heterocycles. The zero-order valence-electron chi connectivity index (χ0n) is 9.69. The third-order valence-electron chi connectivity index (χ3n) is 2.85. The van der Waals surface area contributed by atoms with Crippen molar-refractivity contribution in [2.75, 3.05) is 12.3 Å². The second kappa shape index (κ2) is 4.48. The number of aryl methyl sites for hydroxylation is 1. The number of aromatic nitrogens is 1. The summed E-state index contributed by atoms with van der Waals surface area (Å²) in [7, 11) is 1.74. The third-order valence-corrected chi connectivity index (χ3v) is 2.85. The molecule has 6 heteroatoms. The molecule has 0 spiro atoms. The van der Waals surface area contributed by atoms with Gasteiger partial charge >= 0.3 is 0 Å². The number of hydrogen-bond acceptors (Lipinski definition) is 3. The van der Waals surface area contributed by atoms with Crippen LogP contribution in [0.3, 0.4) is 0 Å². The van der Waals surface area contributed by atoms with E-state index in [9.17, 15) is 9.59 Å². The van der Waals surface area contributed by atoms with Gasteiger partial charge in [0.2, 0.25) is 5.91 Å². The first-order valence-corrected chi connectivity index (χ1v) is 5.58. The summed E-state index contributed by atoms with van der Waals surface area (Å²) < 4.78 is 1.64. The maximum atomic E-state index is 11.9. The topological polar surface area (TPSA) is 89.2 Å². The van der Waals surface area contributed by atoms with E-state index >= 15 is 0 Å². The number of nitrogen functional groups attached to an aromatic ring is 1. The Bertz CT molecular complexity index is 452. The van der Waals surface area contributed by atoms with Crippen molar-refractivity contribution >= 4 is 17.5 Å². The number of piperidine rings is 1. The van der Waals surface area contributed by atoms with Gasteiger partial charge in [-0.25, -0.2) is 0 Å². The first-order valence-electron chi connectivity index (χ1n) is 5.58. The van der Waals surface area contributed by atoms with Crippen molar-refractivity contribution in [1.29, 1.82) is 0 Å². The molecule has 92 valence electrons. The zero-order valence-corrected chi connectivity index (χ0v) is 9.69. The highest BCUT2D eigenvalue weighted by molar-refractivity contribution is 5.97. The highest BCUT2D eigenvalue weighted by atomic mass is 16.2. The summed E-state index contributed by atoms with van der Waals surface area (Å²) in [5.74, 6) is -0.391. The molecule has 4 N–H and O–H groups in total. The molecule has 0 aromatic carbocycles. The number of nitrogens with one attached hydrogen (secondary N) is 2. The Hall–Kier alpha value is -1.98. The highest BCUT2D eigenvalue weighted by Crippen LogP contribution is 2.10. The molecule has 0 aliphatic carbocycles. The van der Waals surface area contributed by atoms with Gasteiger partial charge in [0, 0.05) is 19.8 Å². The lowest BCUT2D eigenvalue weighted by molar-refractivity contribution is -0.124. The predicted octanol–water partition coefficient (Wildman–Crippen LogP) is -0.384. The second-order valence-electron chi connectivity index (χ2n) is 4.23. The Balaban J connectivity index is 2.06. The summed E-state index contributed by atoms with van der Waals surface area (Å²) >= 11 is 0. The van der Waals surface area contributed by atoms with Crippen molar-refractivity contribution in [1.82, 2.24) is 15.2 Å². The van der Waals surface area contributed by atoms with Gasteiger partial charge in [-0.05, 0) is 18.9 Å². The second-order valence-corrected chi connectivity index (χ2v) is 4.23. The van der Waals surface area contributed by atoms with Crippen LogP contribution in [0, 0.1) is 0 Å². The fourth-order valence-corrected chi connectivity index (χ4v) is 1.96. The van der Waals surface area contributed by atoms with Crippen molar-refractivity contribution in [3.05, 3.63) is 18.0 Å². The maximum Gasteiger partial charge on any atom is 0.268 e. The number of carbonyl (C=O) groups is 2. The van der Waals surface area contributed by atoms with Gasteiger partial charge in [-0.1, -0.05) is 0 Å². The van der Waals surface area contributed by atoms with Gasteiger partial charge in [0.25, 0.3) is 5.91 Å². The molecule has 2 amide bonds. The average molecular weight is 236 g/mol. The molecule has 2 rings (SSSR count). The van der Waals surface area contributed by atoms with Gasteiger partial charge in [0.05, 0.1) is 5.69 Å². The molecule has 2 heterocycles. The Morgan fingerprint density at radius 2 is 2.41 bits per heavy atom. The normalized spacial score (nSPS) is 19.8. The van der Waals surface area contributed by atoms with Crippen LogP contribution in [0.1, 0.15) is 23.3 Å². The number of amides is 2. The lowest BCUT2D eigenvalue weighted by Crippen LogP contribution is -2.50. The number of carbonyl (C=O) groups excluding carboxylic acids is 2. The van der Waals surface area contributed by atoms with Crippen LogP contribution in [0.2, 0.25) is 0 Å². The summed E-state index contributed by atoms with van der Waals surface area (Å²) in [6.07, 6.45) is 3.22. The van der Waals surface area contributed by atoms with Gasteiger partial charge in [-0.2, -0.15) is 0 Å². The quantitative estimate of drug-likeness (QED) is 0.653. The van der Waals surface area contributed by atoms with Crippen molar-refractivity contribution in [2.45, 2.75) is 18.9 Å². The first kappa shape index (κ1) is 11.5. The summed E-state index contributed by atoms with van der Waals surface area (Å²) in [6, 6.07) is 1.16. The van der Waals surface area contributed by atoms with Crippen LogP contribution in [0.25, 0.3) is 0 Å². The van der Waals surface area contributed by atoms with Gasteiger partial charge < -0.3 is 20.9 Å². The lowest BCUT2D eigenvalue weighted by Gasteiger charge is -2.22. The van der Waals surface area contributed by atoms with E-state index in [-0.39, 0.29) is 11.8 Å². The fourth-order valence-electron chi connectivity index (χ4n) is 1.96. The monoisotopic (exact) mass is 236 g/mol. The Kier molecular flexibility index (Phi) is 3.03. The molecule has 17 heavy (non-hydrogen) atoms. The Morgan fingerprint density at radius 3 is 3.00 bits per heavy atom. The summed E-state index contributed by atoms with van der Waals surface area (Å²) in [5, 5.41) is 5.44. The largest absolute Gasteiger partial charge is 0.397 e. The minimum atomic E-state index is -0.438. The molecule has 0 radical (unpaired) electrons. The summed E-state index contributed by atoms with van der Waals surface area (Å²) in [5.41, 5.74) is 6.59. The number of nitrogens with zero attached hydrogens (tertiary/aromatic N) is 1. The minimum absolute atomic E-state index is 0.119. The van der Waals surface area contributed by atoms with E-state index in [1.807, 2.05) is 0 Å². The highest BCUT2D eigenvalue weighted by Gasteiger charge is 2.24. The molecule has 1 fully saturated rings. The van der Waals surface area contributed by atoms with Crippen LogP contribution in [0.5, 0.6) is 0 Å². The average Bonchev–Trinajstić information content (AvgIpc) is 2.61. The Morgan fingerprint density at radius 1 is 1.65 bits per heavy atom. The van der Waals surface area contributed by atoms with Crippen LogP contribution in [-0.4, -0.2) is 29.0 Å².